The van der Waals surface area contributed by atoms with Crippen LogP contribution in [0.15, 0.2) is 53.5 Å². The van der Waals surface area contributed by atoms with E-state index in [9.17, 15) is 4.79 Å². The van der Waals surface area contributed by atoms with Gasteiger partial charge in [0.05, 0.1) is 29.9 Å². The molecule has 7 nitrogen and oxygen atoms in total. The molecule has 1 atom stereocenters. The Labute approximate surface area is 171 Å². The zero-order valence-corrected chi connectivity index (χ0v) is 17.4. The van der Waals surface area contributed by atoms with Crippen LogP contribution in [0.4, 0.5) is 0 Å². The number of hydrogen-bond donors (Lipinski definition) is 1. The van der Waals surface area contributed by atoms with E-state index in [1.54, 1.807) is 30.3 Å². The summed E-state index contributed by atoms with van der Waals surface area (Å²) in [5.41, 5.74) is 2.37. The second-order valence-electron chi connectivity index (χ2n) is 6.05. The molecule has 1 aromatic heterocycles. The summed E-state index contributed by atoms with van der Waals surface area (Å²) in [7, 11) is 1.56. The van der Waals surface area contributed by atoms with Crippen molar-refractivity contribution in [2.24, 2.45) is 0 Å². The molecule has 28 heavy (non-hydrogen) atoms. The van der Waals surface area contributed by atoms with Crippen LogP contribution < -0.4 is 14.8 Å². The maximum absolute atomic E-state index is 12.7. The van der Waals surface area contributed by atoms with Gasteiger partial charge >= 0.3 is 0 Å². The molecule has 3 aromatic rings. The van der Waals surface area contributed by atoms with Gasteiger partial charge in [-0.25, -0.2) is 9.67 Å². The van der Waals surface area contributed by atoms with E-state index < -0.39 is 0 Å². The summed E-state index contributed by atoms with van der Waals surface area (Å²) in [6.07, 6.45) is 3.12. The molecule has 3 rings (SSSR count). The van der Waals surface area contributed by atoms with Crippen LogP contribution >= 0.6 is 15.9 Å². The van der Waals surface area contributed by atoms with E-state index in [1.807, 2.05) is 38.1 Å². The van der Waals surface area contributed by atoms with E-state index in [2.05, 4.69) is 31.3 Å². The zero-order valence-electron chi connectivity index (χ0n) is 15.8. The molecule has 0 bridgehead atoms. The Bertz CT molecular complexity index is 943. The maximum Gasteiger partial charge on any atom is 0.251 e. The lowest BCUT2D eigenvalue weighted by Crippen LogP contribution is -2.26. The molecule has 0 aliphatic rings. The molecule has 1 amide bonds. The van der Waals surface area contributed by atoms with Gasteiger partial charge in [0.25, 0.3) is 5.91 Å². The first-order valence-electron chi connectivity index (χ1n) is 8.79. The third kappa shape index (κ3) is 4.33. The van der Waals surface area contributed by atoms with Crippen LogP contribution in [-0.2, 0) is 0 Å². The molecule has 146 valence electrons. The van der Waals surface area contributed by atoms with Gasteiger partial charge in [-0.05, 0) is 59.6 Å². The number of nitrogens with zero attached hydrogens (tertiary/aromatic N) is 3. The first-order valence-corrected chi connectivity index (χ1v) is 9.59. The molecule has 0 spiro atoms. The first-order chi connectivity index (χ1) is 13.5. The van der Waals surface area contributed by atoms with Crippen molar-refractivity contribution in [1.82, 2.24) is 20.1 Å². The van der Waals surface area contributed by atoms with Gasteiger partial charge in [0, 0.05) is 5.56 Å². The highest BCUT2D eigenvalue weighted by molar-refractivity contribution is 9.10. The van der Waals surface area contributed by atoms with Crippen LogP contribution in [0.1, 0.15) is 35.8 Å². The van der Waals surface area contributed by atoms with Crippen molar-refractivity contribution < 1.29 is 14.3 Å². The number of carbonyl (C=O) groups is 1. The van der Waals surface area contributed by atoms with E-state index in [-0.39, 0.29) is 11.9 Å². The fourth-order valence-electron chi connectivity index (χ4n) is 2.78. The lowest BCUT2D eigenvalue weighted by Gasteiger charge is -2.17. The number of nitrogens with one attached hydrogen (secondary N) is 1. The van der Waals surface area contributed by atoms with Gasteiger partial charge in [0.1, 0.15) is 12.7 Å². The van der Waals surface area contributed by atoms with E-state index in [0.29, 0.717) is 28.1 Å². The monoisotopic (exact) mass is 444 g/mol. The number of hydrogen-bond acceptors (Lipinski definition) is 5. The van der Waals surface area contributed by atoms with Crippen molar-refractivity contribution in [3.8, 4) is 17.2 Å². The number of rotatable bonds is 7. The highest BCUT2D eigenvalue weighted by Gasteiger charge is 2.17. The van der Waals surface area contributed by atoms with Crippen LogP contribution in [-0.4, -0.2) is 34.4 Å². The molecule has 1 heterocycles. The predicted molar refractivity (Wildman–Crippen MR) is 109 cm³/mol. The number of methoxy groups -OCH3 is 1. The normalized spacial score (nSPS) is 11.7. The third-order valence-electron chi connectivity index (χ3n) is 4.20. The topological polar surface area (TPSA) is 78.3 Å². The molecule has 8 heteroatoms. The fourth-order valence-corrected chi connectivity index (χ4v) is 3.38. The number of carbonyl (C=O) groups excluding carboxylic acids is 1. The van der Waals surface area contributed by atoms with E-state index in [0.717, 1.165) is 11.3 Å². The van der Waals surface area contributed by atoms with Crippen molar-refractivity contribution in [1.29, 1.82) is 0 Å². The minimum atomic E-state index is -0.197. The second-order valence-corrected chi connectivity index (χ2v) is 6.90. The van der Waals surface area contributed by atoms with Gasteiger partial charge in [0.15, 0.2) is 11.5 Å². The van der Waals surface area contributed by atoms with Crippen LogP contribution in [0.2, 0.25) is 0 Å². The summed E-state index contributed by atoms with van der Waals surface area (Å²) in [6.45, 7) is 4.29. The van der Waals surface area contributed by atoms with Gasteiger partial charge in [0.2, 0.25) is 0 Å². The molecule has 0 radical (unpaired) electrons. The molecule has 2 aromatic carbocycles. The van der Waals surface area contributed by atoms with Crippen LogP contribution in [0.5, 0.6) is 11.5 Å². The quantitative estimate of drug-likeness (QED) is 0.597. The van der Waals surface area contributed by atoms with Crippen LogP contribution in [0.3, 0.4) is 0 Å². The SMILES string of the molecule is CCOc1cc(C(=O)N[C@H](C)c2ccc(-n3cncn3)cc2)cc(Br)c1OC. The van der Waals surface area contributed by atoms with Crippen LogP contribution in [0, 0.1) is 0 Å². The Morgan fingerprint density at radius 3 is 2.64 bits per heavy atom. The molecule has 0 aliphatic carbocycles. The molecule has 0 aliphatic heterocycles. The number of ether oxygens (including phenoxy) is 2. The van der Waals surface area contributed by atoms with Gasteiger partial charge in [-0.15, -0.1) is 0 Å². The Balaban J connectivity index is 1.75. The summed E-state index contributed by atoms with van der Waals surface area (Å²) >= 11 is 3.44. The van der Waals surface area contributed by atoms with Crippen molar-refractivity contribution in [2.45, 2.75) is 19.9 Å². The van der Waals surface area contributed by atoms with E-state index in [4.69, 9.17) is 9.47 Å². The summed E-state index contributed by atoms with van der Waals surface area (Å²) in [5.74, 6) is 0.890. The first kappa shape index (κ1) is 19.9. The number of benzene rings is 2. The molecular formula is C20H21BrN4O3. The summed E-state index contributed by atoms with van der Waals surface area (Å²) in [6, 6.07) is 11.0. The van der Waals surface area contributed by atoms with Gasteiger partial charge in [-0.3, -0.25) is 4.79 Å². The fraction of sp³-hybridized carbons (Fsp3) is 0.250. The van der Waals surface area contributed by atoms with Gasteiger partial charge in [-0.1, -0.05) is 12.1 Å². The summed E-state index contributed by atoms with van der Waals surface area (Å²) < 4.78 is 13.3. The Kier molecular flexibility index (Phi) is 6.30. The Morgan fingerprint density at radius 2 is 2.04 bits per heavy atom. The van der Waals surface area contributed by atoms with Gasteiger partial charge < -0.3 is 14.8 Å². The lowest BCUT2D eigenvalue weighted by molar-refractivity contribution is 0.0939. The Morgan fingerprint density at radius 1 is 1.29 bits per heavy atom. The largest absolute Gasteiger partial charge is 0.492 e. The average molecular weight is 445 g/mol. The van der Waals surface area contributed by atoms with E-state index in [1.165, 1.54) is 6.33 Å². The lowest BCUT2D eigenvalue weighted by atomic mass is 10.1. The molecule has 0 saturated carbocycles. The van der Waals surface area contributed by atoms with Crippen LogP contribution in [0.25, 0.3) is 5.69 Å². The van der Waals surface area contributed by atoms with Crippen molar-refractivity contribution in [3.63, 3.8) is 0 Å². The van der Waals surface area contributed by atoms with Crippen molar-refractivity contribution >= 4 is 21.8 Å². The number of aromatic nitrogens is 3. The smallest absolute Gasteiger partial charge is 0.251 e. The molecule has 0 fully saturated rings. The minimum absolute atomic E-state index is 0.172. The van der Waals surface area contributed by atoms with Crippen molar-refractivity contribution in [3.05, 3.63) is 64.7 Å². The molecular weight excluding hydrogens is 424 g/mol. The summed E-state index contributed by atoms with van der Waals surface area (Å²) in [5, 5.41) is 7.11. The molecule has 0 saturated heterocycles. The van der Waals surface area contributed by atoms with Gasteiger partial charge in [-0.2, -0.15) is 5.10 Å². The zero-order chi connectivity index (χ0) is 20.1. The Hall–Kier alpha value is -2.87. The minimum Gasteiger partial charge on any atom is -0.492 e. The number of halogens is 1. The standard InChI is InChI=1S/C20H21BrN4O3/c1-4-28-18-10-15(9-17(21)19(18)27-3)20(26)24-13(2)14-5-7-16(8-6-14)25-12-22-11-23-25/h5-13H,4H2,1-3H3,(H,24,26)/t13-/m1/s1. The van der Waals surface area contributed by atoms with Crippen molar-refractivity contribution in [2.75, 3.05) is 13.7 Å². The third-order valence-corrected chi connectivity index (χ3v) is 4.79. The van der Waals surface area contributed by atoms with E-state index >= 15 is 0 Å². The number of amides is 1. The maximum atomic E-state index is 12.7. The molecule has 1 N–H and O–H groups in total. The predicted octanol–water partition coefficient (Wildman–Crippen LogP) is 3.93. The highest BCUT2D eigenvalue weighted by atomic mass is 79.9. The second kappa shape index (κ2) is 8.88. The molecule has 0 unspecified atom stereocenters. The average Bonchev–Trinajstić information content (AvgIpc) is 3.23. The highest BCUT2D eigenvalue weighted by Crippen LogP contribution is 2.36. The summed E-state index contributed by atoms with van der Waals surface area (Å²) in [4.78, 5) is 16.7.